The number of nitrogens with zero attached hydrogens (tertiary/aromatic N) is 3. The number of aryl methyl sites for hydroxylation is 2. The molecule has 1 amide bonds. The maximum Gasteiger partial charge on any atom is 0.244 e. The number of pyridine rings is 1. The van der Waals surface area contributed by atoms with Crippen molar-refractivity contribution in [3.8, 4) is 11.3 Å². The van der Waals surface area contributed by atoms with Crippen LogP contribution >= 0.6 is 0 Å². The maximum atomic E-state index is 12.2. The van der Waals surface area contributed by atoms with Gasteiger partial charge in [-0.2, -0.15) is 0 Å². The number of sulfonamides is 1. The molecule has 0 N–H and O–H groups in total. The van der Waals surface area contributed by atoms with Gasteiger partial charge in [-0.15, -0.1) is 0 Å². The van der Waals surface area contributed by atoms with Gasteiger partial charge in [0.2, 0.25) is 16.4 Å². The zero-order valence-corrected chi connectivity index (χ0v) is 15.4. The van der Waals surface area contributed by atoms with E-state index in [0.29, 0.717) is 0 Å². The Balaban J connectivity index is 2.02. The van der Waals surface area contributed by atoms with Crippen molar-refractivity contribution in [3.63, 3.8) is 0 Å². The molecular formula is C18H21N3O3S. The number of hydrogen-bond donors (Lipinski definition) is 0. The van der Waals surface area contributed by atoms with Crippen molar-refractivity contribution in [1.29, 1.82) is 0 Å². The minimum Gasteiger partial charge on any atom is -0.315 e. The minimum atomic E-state index is -3.50. The van der Waals surface area contributed by atoms with Crippen molar-refractivity contribution in [1.82, 2.24) is 9.29 Å². The van der Waals surface area contributed by atoms with Crippen LogP contribution in [0.4, 0.5) is 5.69 Å². The number of benzene rings is 1. The largest absolute Gasteiger partial charge is 0.315 e. The monoisotopic (exact) mass is 359 g/mol. The lowest BCUT2D eigenvalue weighted by Crippen LogP contribution is -2.27. The first-order chi connectivity index (χ1) is 11.8. The Bertz CT molecular complexity index is 923. The maximum absolute atomic E-state index is 12.2. The van der Waals surface area contributed by atoms with Crippen LogP contribution in [-0.4, -0.2) is 44.8 Å². The Labute approximate surface area is 148 Å². The average Bonchev–Trinajstić information content (AvgIpc) is 2.60. The van der Waals surface area contributed by atoms with E-state index in [1.165, 1.54) is 24.6 Å². The number of carbonyl (C=O) groups is 1. The summed E-state index contributed by atoms with van der Waals surface area (Å²) in [6.07, 6.45) is 4.11. The molecular weight excluding hydrogens is 338 g/mol. The van der Waals surface area contributed by atoms with Crippen LogP contribution in [0.3, 0.4) is 0 Å². The predicted octanol–water partition coefficient (Wildman–Crippen LogP) is 2.22. The second kappa shape index (κ2) is 6.57. The summed E-state index contributed by atoms with van der Waals surface area (Å²) >= 11 is 0. The molecule has 0 aliphatic carbocycles. The Kier molecular flexibility index (Phi) is 4.62. The van der Waals surface area contributed by atoms with Crippen LogP contribution in [0.5, 0.6) is 0 Å². The van der Waals surface area contributed by atoms with Crippen LogP contribution in [-0.2, 0) is 21.2 Å². The molecule has 1 aliphatic heterocycles. The molecule has 0 unspecified atom stereocenters. The van der Waals surface area contributed by atoms with Gasteiger partial charge in [-0.1, -0.05) is 6.07 Å². The minimum absolute atomic E-state index is 0.184. The lowest BCUT2D eigenvalue weighted by molar-refractivity contribution is -0.107. The van der Waals surface area contributed by atoms with Gasteiger partial charge in [0.05, 0.1) is 5.69 Å². The first kappa shape index (κ1) is 17.6. The average molecular weight is 359 g/mol. The smallest absolute Gasteiger partial charge is 0.244 e. The first-order valence-corrected chi connectivity index (χ1v) is 9.53. The van der Waals surface area contributed by atoms with Gasteiger partial charge in [-0.25, -0.2) is 12.7 Å². The molecule has 0 saturated carbocycles. The van der Waals surface area contributed by atoms with Gasteiger partial charge in [0.1, 0.15) is 4.90 Å². The molecule has 132 valence electrons. The lowest BCUT2D eigenvalue weighted by atomic mass is 9.97. The molecule has 1 aromatic carbocycles. The summed E-state index contributed by atoms with van der Waals surface area (Å²) < 4.78 is 25.7. The third kappa shape index (κ3) is 3.17. The fourth-order valence-corrected chi connectivity index (χ4v) is 4.02. The summed E-state index contributed by atoms with van der Waals surface area (Å²) in [4.78, 5) is 17.5. The standard InChI is InChI=1S/C18H21N3O3S/c1-13-9-16(25(23,24)20(2)3)11-19-18(13)15-6-7-17-14(10-15)5-4-8-21(17)12-22/h6-7,9-12H,4-5,8H2,1-3H3. The number of aromatic nitrogens is 1. The van der Waals surface area contributed by atoms with E-state index < -0.39 is 10.0 Å². The molecule has 0 atom stereocenters. The van der Waals surface area contributed by atoms with Gasteiger partial charge in [-0.3, -0.25) is 9.78 Å². The van der Waals surface area contributed by atoms with E-state index in [0.717, 1.165) is 53.9 Å². The third-order valence-electron chi connectivity index (χ3n) is 4.47. The van der Waals surface area contributed by atoms with E-state index in [-0.39, 0.29) is 4.90 Å². The van der Waals surface area contributed by atoms with Crippen molar-refractivity contribution in [2.75, 3.05) is 25.5 Å². The van der Waals surface area contributed by atoms with Crippen LogP contribution in [0.25, 0.3) is 11.3 Å². The molecule has 3 rings (SSSR count). The molecule has 6 nitrogen and oxygen atoms in total. The van der Waals surface area contributed by atoms with E-state index in [1.807, 2.05) is 25.1 Å². The lowest BCUT2D eigenvalue weighted by Gasteiger charge is -2.26. The molecule has 0 bridgehead atoms. The van der Waals surface area contributed by atoms with Crippen molar-refractivity contribution in [2.45, 2.75) is 24.7 Å². The topological polar surface area (TPSA) is 70.6 Å². The first-order valence-electron chi connectivity index (χ1n) is 8.09. The number of anilines is 1. The molecule has 2 heterocycles. The summed E-state index contributed by atoms with van der Waals surface area (Å²) in [7, 11) is -0.496. The van der Waals surface area contributed by atoms with Crippen molar-refractivity contribution in [3.05, 3.63) is 41.6 Å². The quantitative estimate of drug-likeness (QED) is 0.785. The van der Waals surface area contributed by atoms with Gasteiger partial charge in [-0.05, 0) is 49.1 Å². The van der Waals surface area contributed by atoms with Crippen molar-refractivity contribution >= 4 is 22.1 Å². The van der Waals surface area contributed by atoms with E-state index in [9.17, 15) is 13.2 Å². The molecule has 1 aromatic heterocycles. The molecule has 25 heavy (non-hydrogen) atoms. The zero-order chi connectivity index (χ0) is 18.2. The number of hydrogen-bond acceptors (Lipinski definition) is 4. The zero-order valence-electron chi connectivity index (χ0n) is 14.6. The fourth-order valence-electron chi connectivity index (χ4n) is 3.09. The Morgan fingerprint density at radius 1 is 1.24 bits per heavy atom. The highest BCUT2D eigenvalue weighted by Gasteiger charge is 2.20. The van der Waals surface area contributed by atoms with E-state index in [1.54, 1.807) is 11.0 Å². The molecule has 0 radical (unpaired) electrons. The van der Waals surface area contributed by atoms with Crippen LogP contribution < -0.4 is 4.90 Å². The number of carbonyl (C=O) groups excluding carboxylic acids is 1. The Hall–Kier alpha value is -2.25. The van der Waals surface area contributed by atoms with Crippen molar-refractivity contribution in [2.24, 2.45) is 0 Å². The predicted molar refractivity (Wildman–Crippen MR) is 97.0 cm³/mol. The highest BCUT2D eigenvalue weighted by Crippen LogP contribution is 2.32. The van der Waals surface area contributed by atoms with Gasteiger partial charge in [0, 0.05) is 38.1 Å². The number of fused-ring (bicyclic) bond motifs is 1. The molecule has 0 spiro atoms. The second-order valence-electron chi connectivity index (χ2n) is 6.37. The summed E-state index contributed by atoms with van der Waals surface area (Å²) in [6, 6.07) is 7.55. The number of rotatable bonds is 4. The molecule has 0 saturated heterocycles. The van der Waals surface area contributed by atoms with Crippen LogP contribution in [0.15, 0.2) is 35.4 Å². The van der Waals surface area contributed by atoms with Gasteiger partial charge < -0.3 is 4.90 Å². The SMILES string of the molecule is Cc1cc(S(=O)(=O)N(C)C)cnc1-c1ccc2c(c1)CCCN2C=O. The van der Waals surface area contributed by atoms with Crippen molar-refractivity contribution < 1.29 is 13.2 Å². The fraction of sp³-hybridized carbons (Fsp3) is 0.333. The molecule has 2 aromatic rings. The summed E-state index contributed by atoms with van der Waals surface area (Å²) in [5.74, 6) is 0. The Morgan fingerprint density at radius 3 is 2.64 bits per heavy atom. The molecule has 0 fully saturated rings. The third-order valence-corrected chi connectivity index (χ3v) is 6.25. The van der Waals surface area contributed by atoms with E-state index >= 15 is 0 Å². The highest BCUT2D eigenvalue weighted by molar-refractivity contribution is 7.89. The normalized spacial score (nSPS) is 14.5. The number of amides is 1. The highest BCUT2D eigenvalue weighted by atomic mass is 32.2. The second-order valence-corrected chi connectivity index (χ2v) is 8.52. The summed E-state index contributed by atoms with van der Waals surface area (Å²) in [5, 5.41) is 0. The molecule has 1 aliphatic rings. The Morgan fingerprint density at radius 2 is 2.00 bits per heavy atom. The summed E-state index contributed by atoms with van der Waals surface area (Å²) in [5.41, 5.74) is 4.53. The summed E-state index contributed by atoms with van der Waals surface area (Å²) in [6.45, 7) is 2.60. The van der Waals surface area contributed by atoms with Gasteiger partial charge in [0.25, 0.3) is 0 Å². The van der Waals surface area contributed by atoms with Crippen LogP contribution in [0, 0.1) is 6.92 Å². The van der Waals surface area contributed by atoms with Crippen LogP contribution in [0.2, 0.25) is 0 Å². The van der Waals surface area contributed by atoms with Gasteiger partial charge >= 0.3 is 0 Å². The van der Waals surface area contributed by atoms with Gasteiger partial charge in [0.15, 0.2) is 0 Å². The van der Waals surface area contributed by atoms with E-state index in [2.05, 4.69) is 4.98 Å². The van der Waals surface area contributed by atoms with E-state index in [4.69, 9.17) is 0 Å². The molecule has 7 heteroatoms. The van der Waals surface area contributed by atoms with Crippen LogP contribution in [0.1, 0.15) is 17.5 Å².